The van der Waals surface area contributed by atoms with Crippen LogP contribution in [0.1, 0.15) is 0 Å². The normalized spacial score (nSPS) is 11.6. The van der Waals surface area contributed by atoms with Gasteiger partial charge in [0.2, 0.25) is 0 Å². The Morgan fingerprint density at radius 2 is 0.656 bits per heavy atom. The molecule has 10 aromatic carbocycles. The molecule has 0 atom stereocenters. The van der Waals surface area contributed by atoms with Crippen molar-refractivity contribution in [3.05, 3.63) is 212 Å². The molecule has 0 saturated carbocycles. The third-order valence-corrected chi connectivity index (χ3v) is 11.9. The van der Waals surface area contributed by atoms with Gasteiger partial charge < -0.3 is 4.42 Å². The molecule has 0 spiro atoms. The highest BCUT2D eigenvalue weighted by Gasteiger charge is 2.20. The first-order valence-corrected chi connectivity index (χ1v) is 20.6. The van der Waals surface area contributed by atoms with Gasteiger partial charge in [-0.2, -0.15) is 0 Å². The lowest BCUT2D eigenvalue weighted by Crippen LogP contribution is -2.00. The minimum absolute atomic E-state index is 0.593. The second-order valence-corrected chi connectivity index (χ2v) is 15.5. The van der Waals surface area contributed by atoms with Gasteiger partial charge in [0.15, 0.2) is 17.5 Å². The number of aromatic nitrogens is 3. The fraction of sp³-hybridized carbons (Fsp3) is 0. The fourth-order valence-electron chi connectivity index (χ4n) is 8.92. The summed E-state index contributed by atoms with van der Waals surface area (Å²) in [6, 6.07) is 74.7. The van der Waals surface area contributed by atoms with E-state index in [0.29, 0.717) is 17.5 Å². The molecule has 2 aromatic heterocycles. The molecule has 12 rings (SSSR count). The van der Waals surface area contributed by atoms with Crippen molar-refractivity contribution in [2.24, 2.45) is 0 Å². The standard InChI is InChI=1S/C57H35N3O/c1-3-13-40(14-4-1)55-58-56(41-15-5-2-6-16-41)60-57(59-55)51-34-43(35-53-54(51)49-21-11-12-22-52(49)61-53)39-29-25-37(26-30-39)36-23-27-38(28-24-36)42-31-32-48-46-19-8-7-17-44(46)45-18-9-10-20-47(45)50(48)33-42/h1-35H. The summed E-state index contributed by atoms with van der Waals surface area (Å²) in [7, 11) is 0. The van der Waals surface area contributed by atoms with Crippen LogP contribution in [-0.4, -0.2) is 15.0 Å². The predicted molar refractivity (Wildman–Crippen MR) is 252 cm³/mol. The van der Waals surface area contributed by atoms with Gasteiger partial charge in [0.05, 0.1) is 0 Å². The molecule has 12 aromatic rings. The number of hydrogen-bond donors (Lipinski definition) is 0. The van der Waals surface area contributed by atoms with Crippen molar-refractivity contribution >= 4 is 54.3 Å². The Kier molecular flexibility index (Phi) is 8.13. The summed E-state index contributed by atoms with van der Waals surface area (Å²) in [4.78, 5) is 15.2. The molecule has 2 heterocycles. The first-order chi connectivity index (χ1) is 30.2. The quantitative estimate of drug-likeness (QED) is 0.158. The summed E-state index contributed by atoms with van der Waals surface area (Å²) >= 11 is 0. The zero-order valence-corrected chi connectivity index (χ0v) is 33.0. The van der Waals surface area contributed by atoms with Crippen LogP contribution in [0.15, 0.2) is 217 Å². The third-order valence-electron chi connectivity index (χ3n) is 11.9. The van der Waals surface area contributed by atoms with Crippen LogP contribution in [0.4, 0.5) is 0 Å². The zero-order chi connectivity index (χ0) is 40.3. The Morgan fingerprint density at radius 3 is 1.21 bits per heavy atom. The van der Waals surface area contributed by atoms with Crippen LogP contribution in [0.2, 0.25) is 0 Å². The molecule has 0 aliphatic rings. The van der Waals surface area contributed by atoms with Gasteiger partial charge in [-0.05, 0) is 90.0 Å². The van der Waals surface area contributed by atoms with Crippen molar-refractivity contribution in [1.82, 2.24) is 15.0 Å². The van der Waals surface area contributed by atoms with Crippen LogP contribution in [0.3, 0.4) is 0 Å². The number of rotatable bonds is 6. The lowest BCUT2D eigenvalue weighted by molar-refractivity contribution is 0.669. The molecule has 0 fully saturated rings. The van der Waals surface area contributed by atoms with Crippen molar-refractivity contribution in [3.63, 3.8) is 0 Å². The van der Waals surface area contributed by atoms with E-state index in [1.54, 1.807) is 0 Å². The van der Waals surface area contributed by atoms with Gasteiger partial charge in [-0.25, -0.2) is 15.0 Å². The summed E-state index contributed by atoms with van der Waals surface area (Å²) in [5.74, 6) is 1.83. The predicted octanol–water partition coefficient (Wildman–Crippen LogP) is 15.2. The largest absolute Gasteiger partial charge is 0.456 e. The Hall–Kier alpha value is -8.21. The first-order valence-electron chi connectivity index (χ1n) is 20.6. The summed E-state index contributed by atoms with van der Waals surface area (Å²) in [6.45, 7) is 0. The fourth-order valence-corrected chi connectivity index (χ4v) is 8.92. The van der Waals surface area contributed by atoms with Crippen molar-refractivity contribution in [1.29, 1.82) is 0 Å². The maximum atomic E-state index is 6.54. The van der Waals surface area contributed by atoms with Gasteiger partial charge in [0.25, 0.3) is 0 Å². The van der Waals surface area contributed by atoms with E-state index in [0.717, 1.165) is 60.9 Å². The van der Waals surface area contributed by atoms with E-state index in [9.17, 15) is 0 Å². The van der Waals surface area contributed by atoms with Crippen molar-refractivity contribution < 1.29 is 4.42 Å². The third kappa shape index (κ3) is 6.04. The van der Waals surface area contributed by atoms with Gasteiger partial charge in [-0.15, -0.1) is 0 Å². The van der Waals surface area contributed by atoms with Crippen LogP contribution in [0, 0.1) is 0 Å². The Balaban J connectivity index is 0.924. The molecule has 0 bridgehead atoms. The maximum absolute atomic E-state index is 6.54. The van der Waals surface area contributed by atoms with Gasteiger partial charge in [0.1, 0.15) is 11.2 Å². The average Bonchev–Trinajstić information content (AvgIpc) is 3.73. The molecule has 4 nitrogen and oxygen atoms in total. The molecule has 0 N–H and O–H groups in total. The number of para-hydroxylation sites is 1. The molecule has 61 heavy (non-hydrogen) atoms. The minimum atomic E-state index is 0.593. The smallest absolute Gasteiger partial charge is 0.164 e. The Bertz CT molecular complexity index is 3520. The van der Waals surface area contributed by atoms with Crippen LogP contribution in [-0.2, 0) is 0 Å². The number of nitrogens with zero attached hydrogens (tertiary/aromatic N) is 3. The molecule has 0 aliphatic heterocycles. The maximum Gasteiger partial charge on any atom is 0.164 e. The van der Waals surface area contributed by atoms with E-state index < -0.39 is 0 Å². The second-order valence-electron chi connectivity index (χ2n) is 15.5. The number of furan rings is 1. The monoisotopic (exact) mass is 777 g/mol. The van der Waals surface area contributed by atoms with Crippen LogP contribution in [0.5, 0.6) is 0 Å². The van der Waals surface area contributed by atoms with Crippen LogP contribution < -0.4 is 0 Å². The highest BCUT2D eigenvalue weighted by atomic mass is 16.3. The lowest BCUT2D eigenvalue weighted by Gasteiger charge is -2.12. The Labute approximate surface area is 352 Å². The molecular weight excluding hydrogens is 743 g/mol. The van der Waals surface area contributed by atoms with E-state index in [-0.39, 0.29) is 0 Å². The summed E-state index contributed by atoms with van der Waals surface area (Å²) < 4.78 is 6.54. The van der Waals surface area contributed by atoms with E-state index in [4.69, 9.17) is 19.4 Å². The number of fused-ring (bicyclic) bond motifs is 9. The molecule has 284 valence electrons. The van der Waals surface area contributed by atoms with Gasteiger partial charge in [0, 0.05) is 27.5 Å². The first kappa shape index (κ1) is 34.8. The number of benzene rings is 10. The van der Waals surface area contributed by atoms with E-state index in [2.05, 4.69) is 133 Å². The van der Waals surface area contributed by atoms with Crippen molar-refractivity contribution in [2.75, 3.05) is 0 Å². The molecule has 4 heteroatoms. The summed E-state index contributed by atoms with van der Waals surface area (Å²) in [6.07, 6.45) is 0. The molecule has 0 saturated heterocycles. The summed E-state index contributed by atoms with van der Waals surface area (Å²) in [5.41, 5.74) is 11.1. The lowest BCUT2D eigenvalue weighted by atomic mass is 9.91. The molecule has 0 aliphatic carbocycles. The molecule has 0 amide bonds. The van der Waals surface area contributed by atoms with Crippen LogP contribution >= 0.6 is 0 Å². The minimum Gasteiger partial charge on any atom is -0.456 e. The SMILES string of the molecule is c1ccc(-c2nc(-c3ccccc3)nc(-c3cc(-c4ccc(-c5ccc(-c6ccc7c8ccccc8c8ccccc8c7c6)cc5)cc4)cc4oc5ccccc5c34)n2)cc1. The zero-order valence-electron chi connectivity index (χ0n) is 33.0. The van der Waals surface area contributed by atoms with Gasteiger partial charge >= 0.3 is 0 Å². The molecule has 0 unspecified atom stereocenters. The highest BCUT2D eigenvalue weighted by Crippen LogP contribution is 2.41. The van der Waals surface area contributed by atoms with Gasteiger partial charge in [-0.1, -0.05) is 188 Å². The van der Waals surface area contributed by atoms with E-state index in [1.165, 1.54) is 43.4 Å². The Morgan fingerprint density at radius 1 is 0.246 bits per heavy atom. The van der Waals surface area contributed by atoms with Crippen molar-refractivity contribution in [2.45, 2.75) is 0 Å². The topological polar surface area (TPSA) is 51.8 Å². The number of hydrogen-bond acceptors (Lipinski definition) is 4. The summed E-state index contributed by atoms with van der Waals surface area (Å²) in [5, 5.41) is 9.71. The molecular formula is C57H35N3O. The second kappa shape index (κ2) is 14.3. The average molecular weight is 778 g/mol. The van der Waals surface area contributed by atoms with Gasteiger partial charge in [-0.3, -0.25) is 0 Å². The molecule has 0 radical (unpaired) electrons. The highest BCUT2D eigenvalue weighted by molar-refractivity contribution is 6.25. The van der Waals surface area contributed by atoms with Crippen LogP contribution in [0.25, 0.3) is 122 Å². The van der Waals surface area contributed by atoms with E-state index >= 15 is 0 Å². The van der Waals surface area contributed by atoms with E-state index in [1.807, 2.05) is 78.9 Å². The van der Waals surface area contributed by atoms with Crippen molar-refractivity contribution in [3.8, 4) is 67.5 Å².